The number of carbonyl (C=O) groups excluding carboxylic acids is 1. The summed E-state index contributed by atoms with van der Waals surface area (Å²) in [6.45, 7) is 20.7. The van der Waals surface area contributed by atoms with E-state index >= 15 is 0 Å². The fourth-order valence-electron chi connectivity index (χ4n) is 2.55. The van der Waals surface area contributed by atoms with Gasteiger partial charge in [0.15, 0.2) is 8.32 Å². The van der Waals surface area contributed by atoms with Crippen LogP contribution in [0.25, 0.3) is 0 Å². The summed E-state index contributed by atoms with van der Waals surface area (Å²) >= 11 is 0. The third kappa shape index (κ3) is 6.59. The first-order chi connectivity index (χ1) is 12.0. The molecule has 1 N–H and O–H groups in total. The summed E-state index contributed by atoms with van der Waals surface area (Å²) in [5, 5.41) is 10.8. The van der Waals surface area contributed by atoms with Crippen molar-refractivity contribution in [3.8, 4) is 0 Å². The molecule has 1 fully saturated rings. The highest BCUT2D eigenvalue weighted by Gasteiger charge is 2.47. The second-order valence-electron chi connectivity index (χ2n) is 10.2. The number of hydrogen-bond donors (Lipinski definition) is 1. The Hall–Kier alpha value is -0.893. The number of aliphatic hydroxyl groups excluding tert-OH is 1. The number of ether oxygens (including phenoxy) is 2. The number of rotatable bonds is 5. The predicted octanol–water partition coefficient (Wildman–Crippen LogP) is 4.30. The molecule has 7 heteroatoms. The monoisotopic (exact) mass is 401 g/mol. The van der Waals surface area contributed by atoms with Crippen LogP contribution in [0.1, 0.15) is 55.4 Å². The Balaban J connectivity index is 2.77. The number of amides is 1. The summed E-state index contributed by atoms with van der Waals surface area (Å²) in [4.78, 5) is 14.1. The molecule has 0 aromatic rings. The highest BCUT2D eigenvalue weighted by atomic mass is 28.4. The van der Waals surface area contributed by atoms with Gasteiger partial charge >= 0.3 is 6.09 Å². The van der Waals surface area contributed by atoms with E-state index in [-0.39, 0.29) is 11.6 Å². The second-order valence-corrected chi connectivity index (χ2v) is 15.0. The van der Waals surface area contributed by atoms with E-state index in [1.54, 1.807) is 19.9 Å². The van der Waals surface area contributed by atoms with Crippen molar-refractivity contribution in [2.45, 2.75) is 97.0 Å². The molecule has 1 rings (SSSR count). The summed E-state index contributed by atoms with van der Waals surface area (Å²) in [6, 6.07) is -0.501. The fourth-order valence-corrected chi connectivity index (χ4v) is 3.49. The molecule has 0 radical (unpaired) electrons. The Morgan fingerprint density at radius 2 is 1.85 bits per heavy atom. The second kappa shape index (κ2) is 8.23. The molecule has 27 heavy (non-hydrogen) atoms. The molecule has 1 amide bonds. The van der Waals surface area contributed by atoms with Gasteiger partial charge in [0.05, 0.1) is 25.4 Å². The summed E-state index contributed by atoms with van der Waals surface area (Å²) in [5.74, 6) is 0. The first kappa shape index (κ1) is 24.1. The maximum atomic E-state index is 12.6. The zero-order chi connectivity index (χ0) is 21.3. The maximum absolute atomic E-state index is 12.6. The molecule has 0 bridgehead atoms. The predicted molar refractivity (Wildman–Crippen MR) is 110 cm³/mol. The van der Waals surface area contributed by atoms with Gasteiger partial charge < -0.3 is 19.0 Å². The number of nitrogens with zero attached hydrogens (tertiary/aromatic N) is 1. The zero-order valence-electron chi connectivity index (χ0n) is 18.8. The molecule has 1 saturated heterocycles. The van der Waals surface area contributed by atoms with E-state index < -0.39 is 37.9 Å². The molecule has 1 heterocycles. The number of carbonyl (C=O) groups is 1. The van der Waals surface area contributed by atoms with Crippen molar-refractivity contribution in [3.05, 3.63) is 12.2 Å². The van der Waals surface area contributed by atoms with Gasteiger partial charge in [-0.2, -0.15) is 0 Å². The Bertz CT molecular complexity index is 546. The van der Waals surface area contributed by atoms with Crippen LogP contribution in [-0.4, -0.2) is 61.1 Å². The van der Waals surface area contributed by atoms with Crippen LogP contribution in [0.5, 0.6) is 0 Å². The summed E-state index contributed by atoms with van der Waals surface area (Å²) in [5.41, 5.74) is -1.45. The summed E-state index contributed by atoms with van der Waals surface area (Å²) in [7, 11) is -1.83. The molecule has 0 spiro atoms. The van der Waals surface area contributed by atoms with Crippen LogP contribution < -0.4 is 0 Å². The summed E-state index contributed by atoms with van der Waals surface area (Å²) < 4.78 is 17.3. The minimum Gasteiger partial charge on any atom is -0.444 e. The van der Waals surface area contributed by atoms with Crippen molar-refractivity contribution in [2.75, 3.05) is 13.2 Å². The molecule has 1 aliphatic heterocycles. The Morgan fingerprint density at radius 3 is 2.33 bits per heavy atom. The van der Waals surface area contributed by atoms with E-state index in [9.17, 15) is 9.90 Å². The van der Waals surface area contributed by atoms with E-state index in [4.69, 9.17) is 13.9 Å². The number of hydrogen-bond acceptors (Lipinski definition) is 5. The molecule has 2 atom stereocenters. The Labute approximate surface area is 166 Å². The maximum Gasteiger partial charge on any atom is 0.413 e. The number of aliphatic hydroxyl groups is 1. The van der Waals surface area contributed by atoms with Gasteiger partial charge in [0.25, 0.3) is 0 Å². The third-order valence-electron chi connectivity index (χ3n) is 5.18. The normalized spacial score (nSPS) is 22.3. The molecule has 0 saturated carbocycles. The van der Waals surface area contributed by atoms with Crippen LogP contribution in [0.2, 0.25) is 18.1 Å². The molecule has 1 aliphatic rings. The molecule has 0 aliphatic carbocycles. The Morgan fingerprint density at radius 1 is 1.30 bits per heavy atom. The van der Waals surface area contributed by atoms with Crippen LogP contribution in [0.4, 0.5) is 4.79 Å². The lowest BCUT2D eigenvalue weighted by Gasteiger charge is -2.36. The lowest BCUT2D eigenvalue weighted by molar-refractivity contribution is -0.0661. The van der Waals surface area contributed by atoms with Crippen LogP contribution in [0.3, 0.4) is 0 Å². The van der Waals surface area contributed by atoms with Gasteiger partial charge in [0, 0.05) is 0 Å². The first-order valence-corrected chi connectivity index (χ1v) is 12.5. The SMILES string of the molecule is CC(C)(C)OC(=O)N1[C@H]([C@H](O)/C=C/CO[Si](C)(C)C(C)(C)C)COC1(C)C. The van der Waals surface area contributed by atoms with Gasteiger partial charge in [-0.15, -0.1) is 0 Å². The van der Waals surface area contributed by atoms with E-state index in [0.717, 1.165) is 0 Å². The molecule has 0 aromatic carbocycles. The molecular weight excluding hydrogens is 362 g/mol. The van der Waals surface area contributed by atoms with Gasteiger partial charge in [0.1, 0.15) is 11.3 Å². The van der Waals surface area contributed by atoms with Crippen molar-refractivity contribution < 1.29 is 23.8 Å². The van der Waals surface area contributed by atoms with E-state index in [0.29, 0.717) is 6.61 Å². The first-order valence-electron chi connectivity index (χ1n) is 9.63. The third-order valence-corrected chi connectivity index (χ3v) is 9.68. The van der Waals surface area contributed by atoms with Gasteiger partial charge in [-0.3, -0.25) is 4.90 Å². The van der Waals surface area contributed by atoms with E-state index in [2.05, 4.69) is 33.9 Å². The van der Waals surface area contributed by atoms with Crippen molar-refractivity contribution in [1.82, 2.24) is 4.90 Å². The topological polar surface area (TPSA) is 68.2 Å². The van der Waals surface area contributed by atoms with E-state index in [1.165, 1.54) is 4.90 Å². The minimum absolute atomic E-state index is 0.135. The van der Waals surface area contributed by atoms with E-state index in [1.807, 2.05) is 26.8 Å². The molecule has 158 valence electrons. The largest absolute Gasteiger partial charge is 0.444 e. The zero-order valence-corrected chi connectivity index (χ0v) is 19.8. The van der Waals surface area contributed by atoms with Crippen molar-refractivity contribution >= 4 is 14.4 Å². The van der Waals surface area contributed by atoms with Crippen LogP contribution in [0, 0.1) is 0 Å². The molecule has 0 unspecified atom stereocenters. The van der Waals surface area contributed by atoms with Crippen molar-refractivity contribution in [3.63, 3.8) is 0 Å². The van der Waals surface area contributed by atoms with Crippen molar-refractivity contribution in [1.29, 1.82) is 0 Å². The molecule has 0 aromatic heterocycles. The van der Waals surface area contributed by atoms with Crippen LogP contribution in [-0.2, 0) is 13.9 Å². The quantitative estimate of drug-likeness (QED) is 0.549. The highest BCUT2D eigenvalue weighted by molar-refractivity contribution is 6.74. The highest BCUT2D eigenvalue weighted by Crippen LogP contribution is 2.36. The average molecular weight is 402 g/mol. The lowest BCUT2D eigenvalue weighted by Crippen LogP contribution is -2.53. The van der Waals surface area contributed by atoms with Crippen molar-refractivity contribution in [2.24, 2.45) is 0 Å². The van der Waals surface area contributed by atoms with Crippen LogP contribution >= 0.6 is 0 Å². The van der Waals surface area contributed by atoms with Gasteiger partial charge in [-0.05, 0) is 52.8 Å². The standard InChI is InChI=1S/C20H39NO5Si/c1-18(2,3)26-17(23)21-15(14-24-20(21,7)8)16(22)12-11-13-25-27(9,10)19(4,5)6/h11-12,15-16,22H,13-14H2,1-10H3/b12-11+/t15-,16+/m0/s1. The smallest absolute Gasteiger partial charge is 0.413 e. The van der Waals surface area contributed by atoms with Gasteiger partial charge in [-0.25, -0.2) is 4.79 Å². The lowest BCUT2D eigenvalue weighted by atomic mass is 10.1. The van der Waals surface area contributed by atoms with Crippen LogP contribution in [0.15, 0.2) is 12.2 Å². The summed E-state index contributed by atoms with van der Waals surface area (Å²) in [6.07, 6.45) is 2.16. The Kier molecular flexibility index (Phi) is 7.36. The molecule has 6 nitrogen and oxygen atoms in total. The molecular formula is C20H39NO5Si. The van der Waals surface area contributed by atoms with Gasteiger partial charge in [0.2, 0.25) is 0 Å². The minimum atomic E-state index is -1.83. The fraction of sp³-hybridized carbons (Fsp3) is 0.850. The van der Waals surface area contributed by atoms with Gasteiger partial charge in [-0.1, -0.05) is 32.9 Å². The average Bonchev–Trinajstić information content (AvgIpc) is 2.76.